The molecule has 0 saturated heterocycles. The van der Waals surface area contributed by atoms with E-state index in [1.54, 1.807) is 6.92 Å². The minimum Gasteiger partial charge on any atom is -0.486 e. The standard InChI is InChI=1S/C16H16N2O3/c1-10-15(18-21-17-10)9-20-16-13(11(2)19)8-7-12-5-3-4-6-14(12)16/h3-8,11,19H,9H2,1-2H3. The Morgan fingerprint density at radius 3 is 2.71 bits per heavy atom. The third-order valence-corrected chi connectivity index (χ3v) is 3.46. The third kappa shape index (κ3) is 2.60. The van der Waals surface area contributed by atoms with Crippen molar-refractivity contribution in [2.24, 2.45) is 0 Å². The molecule has 1 N–H and O–H groups in total. The van der Waals surface area contributed by atoms with Gasteiger partial charge in [-0.3, -0.25) is 0 Å². The molecule has 108 valence electrons. The molecule has 0 aliphatic heterocycles. The summed E-state index contributed by atoms with van der Waals surface area (Å²) in [4.78, 5) is 0. The van der Waals surface area contributed by atoms with Crippen molar-refractivity contribution in [1.29, 1.82) is 0 Å². The molecule has 0 amide bonds. The zero-order valence-electron chi connectivity index (χ0n) is 11.9. The maximum absolute atomic E-state index is 9.95. The fraction of sp³-hybridized carbons (Fsp3) is 0.250. The smallest absolute Gasteiger partial charge is 0.145 e. The number of aliphatic hydroxyl groups excluding tert-OH is 1. The third-order valence-electron chi connectivity index (χ3n) is 3.46. The van der Waals surface area contributed by atoms with Crippen LogP contribution in [0.1, 0.15) is 30.0 Å². The van der Waals surface area contributed by atoms with E-state index in [1.165, 1.54) is 0 Å². The lowest BCUT2D eigenvalue weighted by Crippen LogP contribution is -2.03. The zero-order valence-corrected chi connectivity index (χ0v) is 11.9. The van der Waals surface area contributed by atoms with E-state index >= 15 is 0 Å². The van der Waals surface area contributed by atoms with Crippen molar-refractivity contribution in [2.45, 2.75) is 26.6 Å². The van der Waals surface area contributed by atoms with Crippen molar-refractivity contribution in [3.63, 3.8) is 0 Å². The topological polar surface area (TPSA) is 68.4 Å². The average Bonchev–Trinajstić information content (AvgIpc) is 2.89. The first-order valence-electron chi connectivity index (χ1n) is 6.77. The summed E-state index contributed by atoms with van der Waals surface area (Å²) in [5, 5.41) is 19.5. The van der Waals surface area contributed by atoms with Crippen molar-refractivity contribution >= 4 is 10.8 Å². The van der Waals surface area contributed by atoms with Crippen LogP contribution in [-0.2, 0) is 6.61 Å². The average molecular weight is 284 g/mol. The molecule has 0 aliphatic carbocycles. The van der Waals surface area contributed by atoms with Crippen LogP contribution in [0.15, 0.2) is 41.0 Å². The van der Waals surface area contributed by atoms with Crippen molar-refractivity contribution in [2.75, 3.05) is 0 Å². The van der Waals surface area contributed by atoms with E-state index in [0.29, 0.717) is 17.1 Å². The first kappa shape index (κ1) is 13.6. The summed E-state index contributed by atoms with van der Waals surface area (Å²) in [5.74, 6) is 0.672. The fourth-order valence-electron chi connectivity index (χ4n) is 2.27. The quantitative estimate of drug-likeness (QED) is 0.797. The van der Waals surface area contributed by atoms with Crippen LogP contribution < -0.4 is 4.74 Å². The van der Waals surface area contributed by atoms with Crippen LogP contribution in [0.5, 0.6) is 5.75 Å². The number of aromatic nitrogens is 2. The zero-order chi connectivity index (χ0) is 14.8. The Morgan fingerprint density at radius 2 is 2.00 bits per heavy atom. The molecule has 0 spiro atoms. The Balaban J connectivity index is 2.02. The molecular weight excluding hydrogens is 268 g/mol. The van der Waals surface area contributed by atoms with Crippen molar-refractivity contribution in [3.8, 4) is 5.75 Å². The van der Waals surface area contributed by atoms with Gasteiger partial charge in [0.05, 0.1) is 6.10 Å². The molecule has 1 atom stereocenters. The summed E-state index contributed by atoms with van der Waals surface area (Å²) in [5.41, 5.74) is 2.11. The van der Waals surface area contributed by atoms with Gasteiger partial charge in [0, 0.05) is 10.9 Å². The Hall–Kier alpha value is -2.40. The van der Waals surface area contributed by atoms with E-state index in [-0.39, 0.29) is 6.61 Å². The lowest BCUT2D eigenvalue weighted by Gasteiger charge is -2.15. The number of ether oxygens (including phenoxy) is 1. The van der Waals surface area contributed by atoms with Crippen LogP contribution >= 0.6 is 0 Å². The van der Waals surface area contributed by atoms with Gasteiger partial charge in [-0.15, -0.1) is 0 Å². The molecule has 1 unspecified atom stereocenters. The molecular formula is C16H16N2O3. The van der Waals surface area contributed by atoms with Crippen molar-refractivity contribution < 1.29 is 14.5 Å². The fourth-order valence-corrected chi connectivity index (χ4v) is 2.27. The number of hydrogen-bond donors (Lipinski definition) is 1. The van der Waals surface area contributed by atoms with Gasteiger partial charge in [0.25, 0.3) is 0 Å². The SMILES string of the molecule is Cc1nonc1COc1c(C(C)O)ccc2ccccc12. The summed E-state index contributed by atoms with van der Waals surface area (Å²) in [6, 6.07) is 11.8. The largest absolute Gasteiger partial charge is 0.486 e. The van der Waals surface area contributed by atoms with Crippen LogP contribution in [0.3, 0.4) is 0 Å². The number of aliphatic hydroxyl groups is 1. The van der Waals surface area contributed by atoms with Gasteiger partial charge in [-0.1, -0.05) is 46.7 Å². The van der Waals surface area contributed by atoms with Gasteiger partial charge in [-0.25, -0.2) is 4.63 Å². The maximum atomic E-state index is 9.95. The molecule has 5 nitrogen and oxygen atoms in total. The monoisotopic (exact) mass is 284 g/mol. The molecule has 3 rings (SSSR count). The van der Waals surface area contributed by atoms with Crippen LogP contribution in [0.4, 0.5) is 0 Å². The first-order chi connectivity index (χ1) is 10.2. The summed E-state index contributed by atoms with van der Waals surface area (Å²) >= 11 is 0. The lowest BCUT2D eigenvalue weighted by atomic mass is 10.0. The number of fused-ring (bicyclic) bond motifs is 1. The second-order valence-corrected chi connectivity index (χ2v) is 4.97. The number of rotatable bonds is 4. The highest BCUT2D eigenvalue weighted by molar-refractivity contribution is 5.89. The second-order valence-electron chi connectivity index (χ2n) is 4.97. The molecule has 2 aromatic carbocycles. The van der Waals surface area contributed by atoms with Gasteiger partial charge in [-0.05, 0) is 19.2 Å². The van der Waals surface area contributed by atoms with E-state index < -0.39 is 6.10 Å². The molecule has 0 radical (unpaired) electrons. The molecule has 0 aliphatic rings. The molecule has 0 bridgehead atoms. The van der Waals surface area contributed by atoms with Gasteiger partial charge < -0.3 is 9.84 Å². The number of nitrogens with zero attached hydrogens (tertiary/aromatic N) is 2. The van der Waals surface area contributed by atoms with E-state index in [1.807, 2.05) is 43.3 Å². The Labute approximate surface area is 122 Å². The normalized spacial score (nSPS) is 12.5. The van der Waals surface area contributed by atoms with Crippen molar-refractivity contribution in [3.05, 3.63) is 53.3 Å². The van der Waals surface area contributed by atoms with Crippen LogP contribution in [-0.4, -0.2) is 15.4 Å². The van der Waals surface area contributed by atoms with E-state index in [0.717, 1.165) is 16.3 Å². The Kier molecular flexibility index (Phi) is 3.58. The van der Waals surface area contributed by atoms with Crippen molar-refractivity contribution in [1.82, 2.24) is 10.3 Å². The Bertz CT molecular complexity index is 765. The Morgan fingerprint density at radius 1 is 1.19 bits per heavy atom. The summed E-state index contributed by atoms with van der Waals surface area (Å²) < 4.78 is 10.6. The molecule has 21 heavy (non-hydrogen) atoms. The number of hydrogen-bond acceptors (Lipinski definition) is 5. The molecule has 1 aromatic heterocycles. The van der Waals surface area contributed by atoms with Gasteiger partial charge >= 0.3 is 0 Å². The highest BCUT2D eigenvalue weighted by Crippen LogP contribution is 2.34. The van der Waals surface area contributed by atoms with Gasteiger partial charge in [0.1, 0.15) is 23.7 Å². The minimum atomic E-state index is -0.610. The molecule has 5 heteroatoms. The van der Waals surface area contributed by atoms with E-state index in [4.69, 9.17) is 4.74 Å². The van der Waals surface area contributed by atoms with Gasteiger partial charge in [0.15, 0.2) is 0 Å². The molecule has 3 aromatic rings. The van der Waals surface area contributed by atoms with Crippen LogP contribution in [0, 0.1) is 6.92 Å². The second kappa shape index (κ2) is 5.54. The van der Waals surface area contributed by atoms with Gasteiger partial charge in [-0.2, -0.15) is 0 Å². The lowest BCUT2D eigenvalue weighted by molar-refractivity contribution is 0.190. The summed E-state index contributed by atoms with van der Waals surface area (Å²) in [6.07, 6.45) is -0.610. The molecule has 0 fully saturated rings. The maximum Gasteiger partial charge on any atom is 0.145 e. The molecule has 1 heterocycles. The van der Waals surface area contributed by atoms with Gasteiger partial charge in [0.2, 0.25) is 0 Å². The highest BCUT2D eigenvalue weighted by Gasteiger charge is 2.14. The van der Waals surface area contributed by atoms with Crippen LogP contribution in [0.25, 0.3) is 10.8 Å². The molecule has 0 saturated carbocycles. The summed E-state index contributed by atoms with van der Waals surface area (Å²) in [6.45, 7) is 3.79. The number of aryl methyl sites for hydroxylation is 1. The van der Waals surface area contributed by atoms with E-state index in [9.17, 15) is 5.11 Å². The minimum absolute atomic E-state index is 0.253. The predicted octanol–water partition coefficient (Wildman–Crippen LogP) is 3.16. The predicted molar refractivity (Wildman–Crippen MR) is 77.9 cm³/mol. The van der Waals surface area contributed by atoms with Crippen LogP contribution in [0.2, 0.25) is 0 Å². The summed E-state index contributed by atoms with van der Waals surface area (Å²) in [7, 11) is 0. The van der Waals surface area contributed by atoms with E-state index in [2.05, 4.69) is 14.9 Å². The number of benzene rings is 2. The highest BCUT2D eigenvalue weighted by atomic mass is 16.6. The first-order valence-corrected chi connectivity index (χ1v) is 6.77.